The summed E-state index contributed by atoms with van der Waals surface area (Å²) in [6, 6.07) is 0.498. The molecule has 1 unspecified atom stereocenters. The Bertz CT molecular complexity index is 376. The van der Waals surface area contributed by atoms with Gasteiger partial charge in [-0.25, -0.2) is 9.97 Å². The zero-order valence-corrected chi connectivity index (χ0v) is 12.3. The lowest BCUT2D eigenvalue weighted by Crippen LogP contribution is -2.20. The van der Waals surface area contributed by atoms with E-state index in [9.17, 15) is 0 Å². The van der Waals surface area contributed by atoms with Gasteiger partial charge in [0.2, 0.25) is 0 Å². The first-order chi connectivity index (χ1) is 8.65. The SMILES string of the molecule is CCCC(CC)Nc1nc(CC)nc(NC)c1C. The van der Waals surface area contributed by atoms with Crippen molar-refractivity contribution in [1.82, 2.24) is 9.97 Å². The van der Waals surface area contributed by atoms with Gasteiger partial charge < -0.3 is 10.6 Å². The van der Waals surface area contributed by atoms with Crippen molar-refractivity contribution < 1.29 is 0 Å². The van der Waals surface area contributed by atoms with Crippen LogP contribution >= 0.6 is 0 Å². The maximum Gasteiger partial charge on any atom is 0.134 e. The third-order valence-electron chi connectivity index (χ3n) is 3.22. The Morgan fingerprint density at radius 1 is 1.11 bits per heavy atom. The van der Waals surface area contributed by atoms with E-state index in [-0.39, 0.29) is 0 Å². The molecule has 1 heterocycles. The number of nitrogens with one attached hydrogen (secondary N) is 2. The second kappa shape index (κ2) is 7.19. The molecule has 2 N–H and O–H groups in total. The molecule has 0 amide bonds. The average molecular weight is 250 g/mol. The Labute approximate surface area is 111 Å². The minimum atomic E-state index is 0.498. The molecule has 0 bridgehead atoms. The van der Waals surface area contributed by atoms with Crippen molar-refractivity contribution in [3.05, 3.63) is 11.4 Å². The molecule has 0 aliphatic carbocycles. The average Bonchev–Trinajstić information content (AvgIpc) is 2.40. The van der Waals surface area contributed by atoms with Crippen LogP contribution in [-0.4, -0.2) is 23.1 Å². The normalized spacial score (nSPS) is 12.3. The van der Waals surface area contributed by atoms with E-state index in [2.05, 4.69) is 48.3 Å². The molecule has 1 aromatic rings. The molecule has 0 aliphatic rings. The van der Waals surface area contributed by atoms with Crippen LogP contribution in [-0.2, 0) is 6.42 Å². The second-order valence-corrected chi connectivity index (χ2v) is 4.60. The summed E-state index contributed by atoms with van der Waals surface area (Å²) in [6.07, 6.45) is 4.34. The van der Waals surface area contributed by atoms with E-state index in [0.717, 1.165) is 35.9 Å². The van der Waals surface area contributed by atoms with Crippen molar-refractivity contribution in [2.24, 2.45) is 0 Å². The van der Waals surface area contributed by atoms with Gasteiger partial charge in [-0.2, -0.15) is 0 Å². The first-order valence-electron chi connectivity index (χ1n) is 6.97. The number of anilines is 2. The van der Waals surface area contributed by atoms with E-state index in [1.807, 2.05) is 7.05 Å². The zero-order valence-electron chi connectivity index (χ0n) is 12.3. The van der Waals surface area contributed by atoms with Gasteiger partial charge in [0.05, 0.1) is 0 Å². The topological polar surface area (TPSA) is 49.8 Å². The van der Waals surface area contributed by atoms with Crippen LogP contribution in [0.2, 0.25) is 0 Å². The summed E-state index contributed by atoms with van der Waals surface area (Å²) < 4.78 is 0. The van der Waals surface area contributed by atoms with Crippen molar-refractivity contribution in [2.45, 2.75) is 59.4 Å². The van der Waals surface area contributed by atoms with Crippen LogP contribution in [0.1, 0.15) is 51.4 Å². The van der Waals surface area contributed by atoms with E-state index in [1.165, 1.54) is 12.8 Å². The molecule has 18 heavy (non-hydrogen) atoms. The van der Waals surface area contributed by atoms with Crippen LogP contribution in [0.5, 0.6) is 0 Å². The number of hydrogen-bond acceptors (Lipinski definition) is 4. The Kier molecular flexibility index (Phi) is 5.89. The third kappa shape index (κ3) is 3.59. The summed E-state index contributed by atoms with van der Waals surface area (Å²) in [5.74, 6) is 2.79. The van der Waals surface area contributed by atoms with Crippen molar-refractivity contribution in [2.75, 3.05) is 17.7 Å². The molecule has 1 atom stereocenters. The minimum absolute atomic E-state index is 0.498. The smallest absolute Gasteiger partial charge is 0.134 e. The molecule has 0 aliphatic heterocycles. The van der Waals surface area contributed by atoms with Crippen LogP contribution in [0.3, 0.4) is 0 Å². The molecule has 4 heteroatoms. The summed E-state index contributed by atoms with van der Waals surface area (Å²) in [7, 11) is 1.90. The highest BCUT2D eigenvalue weighted by Gasteiger charge is 2.12. The summed E-state index contributed by atoms with van der Waals surface area (Å²) in [6.45, 7) is 8.57. The largest absolute Gasteiger partial charge is 0.373 e. The molecule has 0 saturated heterocycles. The lowest BCUT2D eigenvalue weighted by Gasteiger charge is -2.20. The third-order valence-corrected chi connectivity index (χ3v) is 3.22. The summed E-state index contributed by atoms with van der Waals surface area (Å²) in [5, 5.41) is 6.70. The van der Waals surface area contributed by atoms with Gasteiger partial charge in [0.15, 0.2) is 0 Å². The van der Waals surface area contributed by atoms with E-state index in [0.29, 0.717) is 6.04 Å². The number of hydrogen-bond donors (Lipinski definition) is 2. The van der Waals surface area contributed by atoms with Gasteiger partial charge in [0.1, 0.15) is 17.5 Å². The fraction of sp³-hybridized carbons (Fsp3) is 0.714. The van der Waals surface area contributed by atoms with Gasteiger partial charge in [-0.3, -0.25) is 0 Å². The Balaban J connectivity index is 2.98. The van der Waals surface area contributed by atoms with Crippen molar-refractivity contribution >= 4 is 11.6 Å². The van der Waals surface area contributed by atoms with E-state index < -0.39 is 0 Å². The highest BCUT2D eigenvalue weighted by molar-refractivity contribution is 5.57. The predicted octanol–water partition coefficient (Wildman–Crippen LogP) is 3.38. The highest BCUT2D eigenvalue weighted by atomic mass is 15.1. The number of rotatable bonds is 7. The first-order valence-corrected chi connectivity index (χ1v) is 6.97. The molecular weight excluding hydrogens is 224 g/mol. The maximum absolute atomic E-state index is 4.61. The molecule has 0 radical (unpaired) electrons. The van der Waals surface area contributed by atoms with Crippen molar-refractivity contribution in [1.29, 1.82) is 0 Å². The molecule has 4 nitrogen and oxygen atoms in total. The van der Waals surface area contributed by atoms with E-state index in [1.54, 1.807) is 0 Å². The fourth-order valence-corrected chi connectivity index (χ4v) is 2.03. The number of nitrogens with zero attached hydrogens (tertiary/aromatic N) is 2. The maximum atomic E-state index is 4.61. The van der Waals surface area contributed by atoms with Gasteiger partial charge in [0, 0.05) is 25.1 Å². The molecule has 0 fully saturated rings. The first kappa shape index (κ1) is 14.7. The molecule has 1 rings (SSSR count). The quantitative estimate of drug-likeness (QED) is 0.779. The highest BCUT2D eigenvalue weighted by Crippen LogP contribution is 2.21. The molecular formula is C14H26N4. The monoisotopic (exact) mass is 250 g/mol. The van der Waals surface area contributed by atoms with Gasteiger partial charge in [-0.05, 0) is 19.8 Å². The lowest BCUT2D eigenvalue weighted by molar-refractivity contribution is 0.619. The van der Waals surface area contributed by atoms with Crippen molar-refractivity contribution in [3.63, 3.8) is 0 Å². The molecule has 0 saturated carbocycles. The van der Waals surface area contributed by atoms with Crippen LogP contribution in [0.25, 0.3) is 0 Å². The number of aryl methyl sites for hydroxylation is 1. The Morgan fingerprint density at radius 3 is 2.28 bits per heavy atom. The molecule has 102 valence electrons. The van der Waals surface area contributed by atoms with Crippen LogP contribution in [0, 0.1) is 6.92 Å². The Morgan fingerprint density at radius 2 is 1.78 bits per heavy atom. The van der Waals surface area contributed by atoms with E-state index in [4.69, 9.17) is 0 Å². The molecule has 0 spiro atoms. The fourth-order valence-electron chi connectivity index (χ4n) is 2.03. The van der Waals surface area contributed by atoms with E-state index >= 15 is 0 Å². The summed E-state index contributed by atoms with van der Waals surface area (Å²) >= 11 is 0. The van der Waals surface area contributed by atoms with Crippen LogP contribution in [0.15, 0.2) is 0 Å². The van der Waals surface area contributed by atoms with Gasteiger partial charge in [-0.15, -0.1) is 0 Å². The molecule has 0 aromatic carbocycles. The zero-order chi connectivity index (χ0) is 13.5. The van der Waals surface area contributed by atoms with Crippen LogP contribution in [0.4, 0.5) is 11.6 Å². The summed E-state index contributed by atoms with van der Waals surface area (Å²) in [4.78, 5) is 9.09. The van der Waals surface area contributed by atoms with Crippen LogP contribution < -0.4 is 10.6 Å². The van der Waals surface area contributed by atoms with Crippen molar-refractivity contribution in [3.8, 4) is 0 Å². The Hall–Kier alpha value is -1.32. The van der Waals surface area contributed by atoms with Gasteiger partial charge in [-0.1, -0.05) is 27.2 Å². The second-order valence-electron chi connectivity index (χ2n) is 4.60. The lowest BCUT2D eigenvalue weighted by atomic mass is 10.1. The van der Waals surface area contributed by atoms with Gasteiger partial charge in [0.25, 0.3) is 0 Å². The number of aromatic nitrogens is 2. The van der Waals surface area contributed by atoms with Gasteiger partial charge >= 0.3 is 0 Å². The molecule has 1 aromatic heterocycles. The minimum Gasteiger partial charge on any atom is -0.373 e. The summed E-state index contributed by atoms with van der Waals surface area (Å²) in [5.41, 5.74) is 1.10. The predicted molar refractivity (Wildman–Crippen MR) is 78.3 cm³/mol. The standard InChI is InChI=1S/C14H26N4/c1-6-9-11(7-2)16-14-10(4)13(15-5)17-12(8-3)18-14/h11H,6-9H2,1-5H3,(H2,15,16,17,18).